The number of halogens is 1. The first-order chi connectivity index (χ1) is 11.0. The Morgan fingerprint density at radius 2 is 2.26 bits per heavy atom. The largest absolute Gasteiger partial charge is 0.396 e. The number of nitrogens with zero attached hydrogens (tertiary/aromatic N) is 2. The number of nitrogens with one attached hydrogen (secondary N) is 2. The molecule has 0 unspecified atom stereocenters. The quantitative estimate of drug-likeness (QED) is 0.791. The standard InChI is InChI=1S/C16H19FN4O2/c1-11-7-19-21(8-11)14-3-2-12(6-13(14)17)20-15(23)18-9-16(10-22)4-5-16/h2-3,6-8,22H,4-5,9-10H2,1H3,(H2,18,20,23). The Kier molecular flexibility index (Phi) is 4.04. The molecule has 1 aromatic heterocycles. The van der Waals surface area contributed by atoms with Crippen molar-refractivity contribution < 1.29 is 14.3 Å². The van der Waals surface area contributed by atoms with Crippen LogP contribution in [-0.2, 0) is 0 Å². The van der Waals surface area contributed by atoms with Crippen LogP contribution in [0.5, 0.6) is 0 Å². The van der Waals surface area contributed by atoms with Crippen molar-refractivity contribution in [3.05, 3.63) is 42.0 Å². The Bertz CT molecular complexity index is 725. The van der Waals surface area contributed by atoms with E-state index in [0.717, 1.165) is 18.4 Å². The lowest BCUT2D eigenvalue weighted by molar-refractivity contribution is 0.206. The fourth-order valence-electron chi connectivity index (χ4n) is 2.33. The second kappa shape index (κ2) is 6.00. The molecule has 1 heterocycles. The van der Waals surface area contributed by atoms with Crippen molar-refractivity contribution in [2.75, 3.05) is 18.5 Å². The summed E-state index contributed by atoms with van der Waals surface area (Å²) in [4.78, 5) is 11.8. The van der Waals surface area contributed by atoms with E-state index >= 15 is 0 Å². The lowest BCUT2D eigenvalue weighted by Gasteiger charge is -2.13. The SMILES string of the molecule is Cc1cnn(-c2ccc(NC(=O)NCC3(CO)CC3)cc2F)c1. The van der Waals surface area contributed by atoms with Gasteiger partial charge in [0.2, 0.25) is 0 Å². The van der Waals surface area contributed by atoms with Crippen LogP contribution in [0, 0.1) is 18.2 Å². The molecule has 1 saturated carbocycles. The monoisotopic (exact) mass is 318 g/mol. The molecule has 3 N–H and O–H groups in total. The molecular formula is C16H19FN4O2. The number of carbonyl (C=O) groups excluding carboxylic acids is 1. The highest BCUT2D eigenvalue weighted by Gasteiger charge is 2.42. The number of anilines is 1. The van der Waals surface area contributed by atoms with Crippen LogP contribution in [0.25, 0.3) is 5.69 Å². The predicted molar refractivity (Wildman–Crippen MR) is 84.0 cm³/mol. The second-order valence-corrected chi connectivity index (χ2v) is 6.09. The van der Waals surface area contributed by atoms with Crippen LogP contribution >= 0.6 is 0 Å². The Labute approximate surface area is 133 Å². The van der Waals surface area contributed by atoms with Crippen molar-refractivity contribution >= 4 is 11.7 Å². The molecule has 2 aromatic rings. The zero-order chi connectivity index (χ0) is 16.4. The van der Waals surface area contributed by atoms with Gasteiger partial charge in [-0.25, -0.2) is 13.9 Å². The number of aromatic nitrogens is 2. The minimum atomic E-state index is -0.472. The Morgan fingerprint density at radius 3 is 2.83 bits per heavy atom. The average Bonchev–Trinajstić information content (AvgIpc) is 3.19. The highest BCUT2D eigenvalue weighted by atomic mass is 19.1. The molecule has 2 amide bonds. The van der Waals surface area contributed by atoms with Crippen molar-refractivity contribution in [3.8, 4) is 5.69 Å². The number of rotatable bonds is 5. The molecule has 122 valence electrons. The van der Waals surface area contributed by atoms with E-state index in [4.69, 9.17) is 0 Å². The third kappa shape index (κ3) is 3.50. The minimum absolute atomic E-state index is 0.0693. The van der Waals surface area contributed by atoms with Crippen molar-refractivity contribution in [1.82, 2.24) is 15.1 Å². The molecule has 0 aliphatic heterocycles. The normalized spacial score (nSPS) is 15.3. The molecule has 23 heavy (non-hydrogen) atoms. The van der Waals surface area contributed by atoms with Crippen LogP contribution in [0.3, 0.4) is 0 Å². The van der Waals surface area contributed by atoms with Crippen LogP contribution in [0.4, 0.5) is 14.9 Å². The van der Waals surface area contributed by atoms with E-state index in [0.29, 0.717) is 17.9 Å². The van der Waals surface area contributed by atoms with Gasteiger partial charge in [0.1, 0.15) is 5.69 Å². The molecule has 0 radical (unpaired) electrons. The van der Waals surface area contributed by atoms with E-state index in [2.05, 4.69) is 15.7 Å². The number of urea groups is 1. The van der Waals surface area contributed by atoms with Gasteiger partial charge in [0.05, 0.1) is 12.8 Å². The lowest BCUT2D eigenvalue weighted by Crippen LogP contribution is -2.35. The number of aryl methyl sites for hydroxylation is 1. The highest BCUT2D eigenvalue weighted by molar-refractivity contribution is 5.89. The van der Waals surface area contributed by atoms with E-state index in [1.165, 1.54) is 10.7 Å². The molecule has 6 nitrogen and oxygen atoms in total. The fourth-order valence-corrected chi connectivity index (χ4v) is 2.33. The first-order valence-electron chi connectivity index (χ1n) is 7.48. The third-order valence-corrected chi connectivity index (χ3v) is 4.08. The van der Waals surface area contributed by atoms with Crippen molar-refractivity contribution in [2.24, 2.45) is 5.41 Å². The highest BCUT2D eigenvalue weighted by Crippen LogP contribution is 2.44. The molecule has 0 atom stereocenters. The van der Waals surface area contributed by atoms with Gasteiger partial charge in [-0.1, -0.05) is 0 Å². The van der Waals surface area contributed by atoms with E-state index in [1.807, 2.05) is 6.92 Å². The van der Waals surface area contributed by atoms with Gasteiger partial charge in [0.25, 0.3) is 0 Å². The van der Waals surface area contributed by atoms with Gasteiger partial charge >= 0.3 is 6.03 Å². The third-order valence-electron chi connectivity index (χ3n) is 4.08. The molecule has 1 fully saturated rings. The first kappa shape index (κ1) is 15.5. The molecule has 1 aliphatic rings. The van der Waals surface area contributed by atoms with Gasteiger partial charge in [0.15, 0.2) is 5.82 Å². The first-order valence-corrected chi connectivity index (χ1v) is 7.48. The number of benzene rings is 1. The smallest absolute Gasteiger partial charge is 0.319 e. The van der Waals surface area contributed by atoms with Crippen molar-refractivity contribution in [2.45, 2.75) is 19.8 Å². The molecule has 7 heteroatoms. The molecule has 0 saturated heterocycles. The van der Waals surface area contributed by atoms with Gasteiger partial charge in [-0.15, -0.1) is 0 Å². The average molecular weight is 318 g/mol. The topological polar surface area (TPSA) is 79.2 Å². The fraction of sp³-hybridized carbons (Fsp3) is 0.375. The second-order valence-electron chi connectivity index (χ2n) is 6.09. The molecule has 0 spiro atoms. The summed E-state index contributed by atoms with van der Waals surface area (Å²) in [6, 6.07) is 4.03. The van der Waals surface area contributed by atoms with Gasteiger partial charge in [-0.2, -0.15) is 5.10 Å². The van der Waals surface area contributed by atoms with E-state index in [1.54, 1.807) is 24.5 Å². The molecule has 0 bridgehead atoms. The summed E-state index contributed by atoms with van der Waals surface area (Å²) in [7, 11) is 0. The van der Waals surface area contributed by atoms with Crippen molar-refractivity contribution in [1.29, 1.82) is 0 Å². The van der Waals surface area contributed by atoms with Gasteiger partial charge in [0, 0.05) is 23.8 Å². The van der Waals surface area contributed by atoms with Crippen LogP contribution in [0.15, 0.2) is 30.6 Å². The molecule has 3 rings (SSSR count). The Balaban J connectivity index is 1.62. The van der Waals surface area contributed by atoms with Crippen LogP contribution in [0.2, 0.25) is 0 Å². The molecular weight excluding hydrogens is 299 g/mol. The lowest BCUT2D eigenvalue weighted by atomic mass is 10.1. The zero-order valence-electron chi connectivity index (χ0n) is 12.8. The number of hydrogen-bond donors (Lipinski definition) is 3. The Hall–Kier alpha value is -2.41. The van der Waals surface area contributed by atoms with E-state index < -0.39 is 11.8 Å². The summed E-state index contributed by atoms with van der Waals surface area (Å²) < 4.78 is 15.6. The Morgan fingerprint density at radius 1 is 1.48 bits per heavy atom. The van der Waals surface area contributed by atoms with Crippen LogP contribution < -0.4 is 10.6 Å². The number of carbonyl (C=O) groups is 1. The maximum absolute atomic E-state index is 14.2. The molecule has 1 aromatic carbocycles. The van der Waals surface area contributed by atoms with Gasteiger partial charge in [-0.3, -0.25) is 0 Å². The summed E-state index contributed by atoms with van der Waals surface area (Å²) in [5, 5.41) is 18.6. The summed E-state index contributed by atoms with van der Waals surface area (Å²) in [5.74, 6) is -0.472. The number of amides is 2. The summed E-state index contributed by atoms with van der Waals surface area (Å²) in [5.41, 5.74) is 1.45. The van der Waals surface area contributed by atoms with E-state index in [-0.39, 0.29) is 12.0 Å². The summed E-state index contributed by atoms with van der Waals surface area (Å²) >= 11 is 0. The summed E-state index contributed by atoms with van der Waals surface area (Å²) in [6.07, 6.45) is 5.20. The number of aliphatic hydroxyl groups excluding tert-OH is 1. The summed E-state index contributed by atoms with van der Waals surface area (Å²) in [6.45, 7) is 2.36. The number of aliphatic hydroxyl groups is 1. The van der Waals surface area contributed by atoms with Crippen LogP contribution in [-0.4, -0.2) is 34.1 Å². The predicted octanol–water partition coefficient (Wildman–Crippen LogP) is 2.21. The zero-order valence-corrected chi connectivity index (χ0v) is 12.8. The van der Waals surface area contributed by atoms with E-state index in [9.17, 15) is 14.3 Å². The number of hydrogen-bond acceptors (Lipinski definition) is 3. The van der Waals surface area contributed by atoms with Gasteiger partial charge in [-0.05, 0) is 43.5 Å². The van der Waals surface area contributed by atoms with Gasteiger partial charge < -0.3 is 15.7 Å². The maximum atomic E-state index is 14.2. The molecule has 1 aliphatic carbocycles. The minimum Gasteiger partial charge on any atom is -0.396 e. The van der Waals surface area contributed by atoms with Crippen molar-refractivity contribution in [3.63, 3.8) is 0 Å². The van der Waals surface area contributed by atoms with Crippen LogP contribution in [0.1, 0.15) is 18.4 Å². The maximum Gasteiger partial charge on any atom is 0.319 e.